The summed E-state index contributed by atoms with van der Waals surface area (Å²) in [5.74, 6) is -1.72. The van der Waals surface area contributed by atoms with E-state index in [1.54, 1.807) is 6.07 Å². The van der Waals surface area contributed by atoms with Crippen LogP contribution in [0.25, 0.3) is 0 Å². The van der Waals surface area contributed by atoms with Crippen molar-refractivity contribution in [2.75, 3.05) is 25.1 Å². The number of fused-ring (bicyclic) bond motifs is 1. The summed E-state index contributed by atoms with van der Waals surface area (Å²) < 4.78 is 10.6. The standard InChI is InChI=1S/C16H18N2O6/c19-13-8-24-12-6-9(3-4-11(12)17-13)15(20)18-14(16(21)22)10-2-1-5-23-7-10/h3-4,6,10,14H,1-2,5,7-8H2,(H,17,19)(H,18,20)(H,21,22). The molecule has 3 N–H and O–H groups in total. The number of carboxylic acid groups (broad SMARTS) is 1. The maximum atomic E-state index is 12.4. The molecule has 2 aliphatic heterocycles. The highest BCUT2D eigenvalue weighted by Crippen LogP contribution is 2.28. The van der Waals surface area contributed by atoms with Gasteiger partial charge >= 0.3 is 5.97 Å². The van der Waals surface area contributed by atoms with Gasteiger partial charge in [-0.25, -0.2) is 4.79 Å². The fourth-order valence-corrected chi connectivity index (χ4v) is 2.85. The summed E-state index contributed by atoms with van der Waals surface area (Å²) in [6.45, 7) is 0.816. The molecule has 1 aromatic carbocycles. The number of benzene rings is 1. The average molecular weight is 334 g/mol. The quantitative estimate of drug-likeness (QED) is 0.744. The second-order valence-corrected chi connectivity index (χ2v) is 5.81. The van der Waals surface area contributed by atoms with Gasteiger partial charge in [0.1, 0.15) is 11.8 Å². The molecule has 2 aliphatic rings. The molecule has 2 unspecified atom stereocenters. The lowest BCUT2D eigenvalue weighted by Crippen LogP contribution is -2.48. The number of aliphatic carboxylic acids is 1. The van der Waals surface area contributed by atoms with Crippen LogP contribution in [-0.2, 0) is 14.3 Å². The van der Waals surface area contributed by atoms with Gasteiger partial charge in [0.2, 0.25) is 0 Å². The van der Waals surface area contributed by atoms with Crippen molar-refractivity contribution in [3.63, 3.8) is 0 Å². The molecule has 0 radical (unpaired) electrons. The van der Waals surface area contributed by atoms with E-state index in [-0.39, 0.29) is 24.0 Å². The fraction of sp³-hybridized carbons (Fsp3) is 0.438. The lowest BCUT2D eigenvalue weighted by Gasteiger charge is -2.28. The monoisotopic (exact) mass is 334 g/mol. The lowest BCUT2D eigenvalue weighted by molar-refractivity contribution is -0.142. The summed E-state index contributed by atoms with van der Waals surface area (Å²) in [6, 6.07) is 3.55. The van der Waals surface area contributed by atoms with E-state index in [4.69, 9.17) is 9.47 Å². The molecule has 128 valence electrons. The van der Waals surface area contributed by atoms with Gasteiger partial charge in [-0.15, -0.1) is 0 Å². The summed E-state index contributed by atoms with van der Waals surface area (Å²) >= 11 is 0. The second kappa shape index (κ2) is 6.88. The molecule has 24 heavy (non-hydrogen) atoms. The van der Waals surface area contributed by atoms with E-state index in [0.29, 0.717) is 31.1 Å². The summed E-state index contributed by atoms with van der Waals surface area (Å²) in [5.41, 5.74) is 0.756. The van der Waals surface area contributed by atoms with Crippen LogP contribution in [0.5, 0.6) is 5.75 Å². The normalized spacial score (nSPS) is 21.0. The van der Waals surface area contributed by atoms with Crippen LogP contribution in [0.2, 0.25) is 0 Å². The SMILES string of the molecule is O=C1COc2cc(C(=O)NC(C(=O)O)C3CCCOC3)ccc2N1. The minimum atomic E-state index is -1.08. The third-order valence-corrected chi connectivity index (χ3v) is 4.10. The minimum absolute atomic E-state index is 0.116. The average Bonchev–Trinajstić information content (AvgIpc) is 2.59. The number of nitrogens with one attached hydrogen (secondary N) is 2. The molecular weight excluding hydrogens is 316 g/mol. The van der Waals surface area contributed by atoms with E-state index in [0.717, 1.165) is 6.42 Å². The van der Waals surface area contributed by atoms with Gasteiger partial charge in [-0.2, -0.15) is 0 Å². The molecule has 2 atom stereocenters. The Kier molecular flexibility index (Phi) is 4.66. The van der Waals surface area contributed by atoms with Crippen LogP contribution in [0.3, 0.4) is 0 Å². The summed E-state index contributed by atoms with van der Waals surface area (Å²) in [4.78, 5) is 35.1. The molecular formula is C16H18N2O6. The van der Waals surface area contributed by atoms with Crippen LogP contribution in [0.4, 0.5) is 5.69 Å². The summed E-state index contributed by atoms with van der Waals surface area (Å²) in [7, 11) is 0. The number of rotatable bonds is 4. The van der Waals surface area contributed by atoms with Crippen LogP contribution in [0.15, 0.2) is 18.2 Å². The van der Waals surface area contributed by atoms with E-state index in [1.165, 1.54) is 12.1 Å². The molecule has 1 aromatic rings. The smallest absolute Gasteiger partial charge is 0.326 e. The third-order valence-electron chi connectivity index (χ3n) is 4.10. The van der Waals surface area contributed by atoms with Gasteiger partial charge in [-0.3, -0.25) is 9.59 Å². The highest BCUT2D eigenvalue weighted by atomic mass is 16.5. The van der Waals surface area contributed by atoms with Crippen molar-refractivity contribution in [3.8, 4) is 5.75 Å². The van der Waals surface area contributed by atoms with Gasteiger partial charge in [-0.1, -0.05) is 0 Å². The molecule has 1 fully saturated rings. The predicted octanol–water partition coefficient (Wildman–Crippen LogP) is 0.627. The second-order valence-electron chi connectivity index (χ2n) is 5.81. The Morgan fingerprint density at radius 2 is 2.21 bits per heavy atom. The zero-order chi connectivity index (χ0) is 17.1. The number of carboxylic acids is 1. The number of hydrogen-bond donors (Lipinski definition) is 3. The number of hydrogen-bond acceptors (Lipinski definition) is 5. The molecule has 0 saturated carbocycles. The van der Waals surface area contributed by atoms with Crippen molar-refractivity contribution in [1.82, 2.24) is 5.32 Å². The van der Waals surface area contributed by atoms with Crippen LogP contribution in [-0.4, -0.2) is 48.8 Å². The molecule has 8 heteroatoms. The Morgan fingerprint density at radius 3 is 2.92 bits per heavy atom. The first kappa shape index (κ1) is 16.3. The van der Waals surface area contributed by atoms with Crippen LogP contribution in [0.1, 0.15) is 23.2 Å². The Balaban J connectivity index is 1.73. The first-order valence-corrected chi connectivity index (χ1v) is 7.72. The molecule has 0 aromatic heterocycles. The van der Waals surface area contributed by atoms with Crippen molar-refractivity contribution in [2.45, 2.75) is 18.9 Å². The van der Waals surface area contributed by atoms with Gasteiger partial charge in [0.15, 0.2) is 6.61 Å². The van der Waals surface area contributed by atoms with Crippen LogP contribution < -0.4 is 15.4 Å². The van der Waals surface area contributed by atoms with Gasteiger partial charge in [-0.05, 0) is 31.0 Å². The maximum Gasteiger partial charge on any atom is 0.326 e. The van der Waals surface area contributed by atoms with Crippen molar-refractivity contribution in [1.29, 1.82) is 0 Å². The number of amides is 2. The van der Waals surface area contributed by atoms with Gasteiger partial charge in [0.25, 0.3) is 11.8 Å². The largest absolute Gasteiger partial charge is 0.482 e. The highest BCUT2D eigenvalue weighted by molar-refractivity contribution is 6.00. The van der Waals surface area contributed by atoms with Gasteiger partial charge < -0.3 is 25.2 Å². The Labute approximate surface area is 138 Å². The predicted molar refractivity (Wildman–Crippen MR) is 83.0 cm³/mol. The van der Waals surface area contributed by atoms with Crippen LogP contribution >= 0.6 is 0 Å². The minimum Gasteiger partial charge on any atom is -0.482 e. The Bertz CT molecular complexity index is 669. The first-order chi connectivity index (χ1) is 11.5. The van der Waals surface area contributed by atoms with Crippen molar-refractivity contribution in [3.05, 3.63) is 23.8 Å². The third kappa shape index (κ3) is 3.48. The highest BCUT2D eigenvalue weighted by Gasteiger charge is 2.31. The van der Waals surface area contributed by atoms with E-state index in [9.17, 15) is 19.5 Å². The lowest BCUT2D eigenvalue weighted by atomic mass is 9.93. The van der Waals surface area contributed by atoms with Crippen LogP contribution in [0, 0.1) is 5.92 Å². The van der Waals surface area contributed by atoms with Gasteiger partial charge in [0.05, 0.1) is 12.3 Å². The number of carbonyl (C=O) groups is 3. The van der Waals surface area contributed by atoms with Crippen molar-refractivity contribution >= 4 is 23.5 Å². The molecule has 0 bridgehead atoms. The topological polar surface area (TPSA) is 114 Å². The number of ether oxygens (including phenoxy) is 2. The van der Waals surface area contributed by atoms with E-state index < -0.39 is 17.9 Å². The van der Waals surface area contributed by atoms with E-state index in [2.05, 4.69) is 10.6 Å². The van der Waals surface area contributed by atoms with Crippen molar-refractivity contribution in [2.24, 2.45) is 5.92 Å². The molecule has 2 amide bonds. The molecule has 0 aliphatic carbocycles. The maximum absolute atomic E-state index is 12.4. The zero-order valence-corrected chi connectivity index (χ0v) is 12.9. The zero-order valence-electron chi connectivity index (χ0n) is 12.9. The first-order valence-electron chi connectivity index (χ1n) is 7.72. The fourth-order valence-electron chi connectivity index (χ4n) is 2.85. The molecule has 3 rings (SSSR count). The number of anilines is 1. The molecule has 0 spiro atoms. The molecule has 2 heterocycles. The Morgan fingerprint density at radius 1 is 1.38 bits per heavy atom. The summed E-state index contributed by atoms with van der Waals surface area (Å²) in [6.07, 6.45) is 1.47. The van der Waals surface area contributed by atoms with Crippen molar-refractivity contribution < 1.29 is 29.0 Å². The van der Waals surface area contributed by atoms with Gasteiger partial charge in [0, 0.05) is 18.1 Å². The van der Waals surface area contributed by atoms with E-state index in [1.807, 2.05) is 0 Å². The summed E-state index contributed by atoms with van der Waals surface area (Å²) in [5, 5.41) is 14.6. The number of carbonyl (C=O) groups excluding carboxylic acids is 2. The molecule has 8 nitrogen and oxygen atoms in total. The Hall–Kier alpha value is -2.61. The molecule has 1 saturated heterocycles. The van der Waals surface area contributed by atoms with E-state index >= 15 is 0 Å².